The molecule has 0 saturated carbocycles. The SMILES string of the molecule is Nc1ncc(C(=O)O)cc1C(=O)O. The summed E-state index contributed by atoms with van der Waals surface area (Å²) in [6, 6.07) is 0.965. The van der Waals surface area contributed by atoms with Crippen LogP contribution in [-0.2, 0) is 0 Å². The Balaban J connectivity index is 3.27. The van der Waals surface area contributed by atoms with E-state index in [0.29, 0.717) is 0 Å². The van der Waals surface area contributed by atoms with Crippen molar-refractivity contribution in [2.75, 3.05) is 5.73 Å². The molecule has 0 aliphatic heterocycles. The van der Waals surface area contributed by atoms with Gasteiger partial charge in [-0.05, 0) is 6.07 Å². The van der Waals surface area contributed by atoms with Crippen molar-refractivity contribution in [3.8, 4) is 0 Å². The topological polar surface area (TPSA) is 114 Å². The number of aromatic nitrogens is 1. The molecule has 0 fully saturated rings. The lowest BCUT2D eigenvalue weighted by Crippen LogP contribution is -2.07. The summed E-state index contributed by atoms with van der Waals surface area (Å²) in [4.78, 5) is 24.3. The Kier molecular flexibility index (Phi) is 2.14. The summed E-state index contributed by atoms with van der Waals surface area (Å²) < 4.78 is 0. The number of anilines is 1. The van der Waals surface area contributed by atoms with Crippen LogP contribution in [0.1, 0.15) is 20.7 Å². The molecule has 0 radical (unpaired) electrons. The predicted octanol–water partition coefficient (Wildman–Crippen LogP) is 0.0602. The summed E-state index contributed by atoms with van der Waals surface area (Å²) >= 11 is 0. The number of hydrogen-bond donors (Lipinski definition) is 3. The fourth-order valence-corrected chi connectivity index (χ4v) is 0.764. The van der Waals surface area contributed by atoms with Gasteiger partial charge in [0.2, 0.25) is 0 Å². The van der Waals surface area contributed by atoms with E-state index in [4.69, 9.17) is 15.9 Å². The fraction of sp³-hybridized carbons (Fsp3) is 0. The zero-order valence-electron chi connectivity index (χ0n) is 6.39. The van der Waals surface area contributed by atoms with Crippen LogP contribution >= 0.6 is 0 Å². The number of carboxylic acid groups (broad SMARTS) is 2. The number of pyridine rings is 1. The molecule has 0 saturated heterocycles. The minimum atomic E-state index is -1.30. The van der Waals surface area contributed by atoms with Crippen LogP contribution in [0.25, 0.3) is 0 Å². The molecule has 0 bridgehead atoms. The zero-order chi connectivity index (χ0) is 10.0. The van der Waals surface area contributed by atoms with Crippen LogP contribution in [0.2, 0.25) is 0 Å². The van der Waals surface area contributed by atoms with Gasteiger partial charge in [-0.15, -0.1) is 0 Å². The molecule has 1 heterocycles. The van der Waals surface area contributed by atoms with Crippen LogP contribution in [0.4, 0.5) is 5.82 Å². The molecule has 1 aromatic heterocycles. The van der Waals surface area contributed by atoms with Crippen molar-refractivity contribution in [3.05, 3.63) is 23.4 Å². The number of nitrogens with zero attached hydrogens (tertiary/aromatic N) is 1. The number of rotatable bonds is 2. The molecular weight excluding hydrogens is 176 g/mol. The smallest absolute Gasteiger partial charge is 0.339 e. The lowest BCUT2D eigenvalue weighted by atomic mass is 10.2. The average molecular weight is 182 g/mol. The van der Waals surface area contributed by atoms with Gasteiger partial charge in [0, 0.05) is 6.20 Å². The van der Waals surface area contributed by atoms with Crippen LogP contribution in [0.5, 0.6) is 0 Å². The quantitative estimate of drug-likeness (QED) is 0.595. The lowest BCUT2D eigenvalue weighted by molar-refractivity contribution is 0.0696. The van der Waals surface area contributed by atoms with Gasteiger partial charge < -0.3 is 15.9 Å². The predicted molar refractivity (Wildman–Crippen MR) is 42.6 cm³/mol. The van der Waals surface area contributed by atoms with E-state index in [9.17, 15) is 9.59 Å². The van der Waals surface area contributed by atoms with Gasteiger partial charge in [-0.3, -0.25) is 0 Å². The fourth-order valence-electron chi connectivity index (χ4n) is 0.764. The second kappa shape index (κ2) is 3.10. The van der Waals surface area contributed by atoms with Gasteiger partial charge in [0.15, 0.2) is 0 Å². The molecule has 0 atom stereocenters. The zero-order valence-corrected chi connectivity index (χ0v) is 6.39. The molecule has 0 spiro atoms. The van der Waals surface area contributed by atoms with Crippen molar-refractivity contribution < 1.29 is 19.8 Å². The van der Waals surface area contributed by atoms with Crippen LogP contribution in [-0.4, -0.2) is 27.1 Å². The molecule has 0 amide bonds. The monoisotopic (exact) mass is 182 g/mol. The first kappa shape index (κ1) is 8.98. The maximum Gasteiger partial charge on any atom is 0.339 e. The number of hydrogen-bond acceptors (Lipinski definition) is 4. The summed E-state index contributed by atoms with van der Waals surface area (Å²) in [7, 11) is 0. The van der Waals surface area contributed by atoms with Gasteiger partial charge in [0.25, 0.3) is 0 Å². The van der Waals surface area contributed by atoms with E-state index < -0.39 is 11.9 Å². The number of aromatic carboxylic acids is 2. The molecule has 1 aromatic rings. The van der Waals surface area contributed by atoms with Crippen LogP contribution in [0, 0.1) is 0 Å². The summed E-state index contributed by atoms with van der Waals surface area (Å²) in [6.45, 7) is 0. The first-order valence-electron chi connectivity index (χ1n) is 3.24. The molecule has 0 aromatic carbocycles. The highest BCUT2D eigenvalue weighted by Crippen LogP contribution is 2.10. The minimum Gasteiger partial charge on any atom is -0.478 e. The molecule has 0 unspecified atom stereocenters. The van der Waals surface area contributed by atoms with Gasteiger partial charge in [-0.25, -0.2) is 14.6 Å². The van der Waals surface area contributed by atoms with Gasteiger partial charge in [-0.2, -0.15) is 0 Å². The van der Waals surface area contributed by atoms with E-state index in [-0.39, 0.29) is 16.9 Å². The number of nitrogen functional groups attached to an aromatic ring is 1. The number of nitrogens with two attached hydrogens (primary N) is 1. The standard InChI is InChI=1S/C7H6N2O4/c8-5-4(7(12)13)1-3(2-9-5)6(10)11/h1-2H,(H2,8,9)(H,10,11)(H,12,13). The summed E-state index contributed by atoms with van der Waals surface area (Å²) in [6.07, 6.45) is 1.00. The van der Waals surface area contributed by atoms with E-state index >= 15 is 0 Å². The number of carbonyl (C=O) groups is 2. The molecule has 1 rings (SSSR count). The first-order valence-corrected chi connectivity index (χ1v) is 3.24. The average Bonchev–Trinajstić information content (AvgIpc) is 2.04. The highest BCUT2D eigenvalue weighted by Gasteiger charge is 2.12. The molecular formula is C7H6N2O4. The van der Waals surface area contributed by atoms with Crippen LogP contribution < -0.4 is 5.73 Å². The molecule has 13 heavy (non-hydrogen) atoms. The Labute approximate surface area is 72.6 Å². The molecule has 4 N–H and O–H groups in total. The highest BCUT2D eigenvalue weighted by atomic mass is 16.4. The second-order valence-corrected chi connectivity index (χ2v) is 2.27. The largest absolute Gasteiger partial charge is 0.478 e. The van der Waals surface area contributed by atoms with Crippen molar-refractivity contribution in [3.63, 3.8) is 0 Å². The van der Waals surface area contributed by atoms with Crippen LogP contribution in [0.15, 0.2) is 12.3 Å². The molecule has 68 valence electrons. The molecule has 6 nitrogen and oxygen atoms in total. The van der Waals surface area contributed by atoms with Gasteiger partial charge in [0.05, 0.1) is 5.56 Å². The lowest BCUT2D eigenvalue weighted by Gasteiger charge is -1.99. The third-order valence-corrected chi connectivity index (χ3v) is 1.40. The summed E-state index contributed by atoms with van der Waals surface area (Å²) in [5, 5.41) is 17.1. The second-order valence-electron chi connectivity index (χ2n) is 2.27. The Hall–Kier alpha value is -2.11. The van der Waals surface area contributed by atoms with Crippen molar-refractivity contribution in [1.29, 1.82) is 0 Å². The number of carboxylic acids is 2. The van der Waals surface area contributed by atoms with E-state index in [0.717, 1.165) is 12.3 Å². The molecule has 0 aliphatic carbocycles. The maximum absolute atomic E-state index is 10.5. The third-order valence-electron chi connectivity index (χ3n) is 1.40. The third kappa shape index (κ3) is 1.73. The molecule has 6 heteroatoms. The van der Waals surface area contributed by atoms with Crippen molar-refractivity contribution in [2.24, 2.45) is 0 Å². The molecule has 0 aliphatic rings. The van der Waals surface area contributed by atoms with Crippen molar-refractivity contribution >= 4 is 17.8 Å². The Morgan fingerprint density at radius 3 is 2.38 bits per heavy atom. The van der Waals surface area contributed by atoms with E-state index in [2.05, 4.69) is 4.98 Å². The minimum absolute atomic E-state index is 0.197. The normalized spacial score (nSPS) is 9.54. The highest BCUT2D eigenvalue weighted by molar-refractivity contribution is 5.96. The van der Waals surface area contributed by atoms with Gasteiger partial charge >= 0.3 is 11.9 Å². The van der Waals surface area contributed by atoms with E-state index in [1.807, 2.05) is 0 Å². The maximum atomic E-state index is 10.5. The van der Waals surface area contributed by atoms with Gasteiger partial charge in [0.1, 0.15) is 11.4 Å². The Bertz CT molecular complexity index is 375. The summed E-state index contributed by atoms with van der Waals surface area (Å²) in [5.74, 6) is -2.74. The van der Waals surface area contributed by atoms with Gasteiger partial charge in [-0.1, -0.05) is 0 Å². The van der Waals surface area contributed by atoms with Crippen molar-refractivity contribution in [2.45, 2.75) is 0 Å². The van der Waals surface area contributed by atoms with Crippen molar-refractivity contribution in [1.82, 2.24) is 4.98 Å². The summed E-state index contributed by atoms with van der Waals surface area (Å²) in [5.41, 5.74) is 4.70. The first-order chi connectivity index (χ1) is 6.02. The Morgan fingerprint density at radius 1 is 1.31 bits per heavy atom. The van der Waals surface area contributed by atoms with E-state index in [1.165, 1.54) is 0 Å². The van der Waals surface area contributed by atoms with E-state index in [1.54, 1.807) is 0 Å². The van der Waals surface area contributed by atoms with Crippen LogP contribution in [0.3, 0.4) is 0 Å². The Morgan fingerprint density at radius 2 is 1.92 bits per heavy atom.